The highest BCUT2D eigenvalue weighted by Gasteiger charge is 2.17. The molecule has 4 nitrogen and oxygen atoms in total. The minimum atomic E-state index is -1.17. The number of rotatable bonds is 2. The molecule has 0 aliphatic carbocycles. The molecule has 4 N–H and O–H groups in total. The molecule has 0 spiro atoms. The fourth-order valence-corrected chi connectivity index (χ4v) is 1.06. The predicted octanol–water partition coefficient (Wildman–Crippen LogP) is 0.785. The third-order valence-corrected chi connectivity index (χ3v) is 1.78. The van der Waals surface area contributed by atoms with Gasteiger partial charge in [0.15, 0.2) is 0 Å². The highest BCUT2D eigenvalue weighted by Crippen LogP contribution is 2.23. The first kappa shape index (κ1) is 9.54. The molecular formula is C9H11NO3. The number of benzene rings is 1. The fourth-order valence-electron chi connectivity index (χ4n) is 1.06. The number of hydrogen-bond donors (Lipinski definition) is 3. The van der Waals surface area contributed by atoms with E-state index in [1.54, 1.807) is 19.1 Å². The summed E-state index contributed by atoms with van der Waals surface area (Å²) in [6.07, 6.45) is 0. The van der Waals surface area contributed by atoms with Crippen LogP contribution in [0.1, 0.15) is 17.2 Å². The number of carboxylic acids is 1. The zero-order chi connectivity index (χ0) is 10.0. The summed E-state index contributed by atoms with van der Waals surface area (Å²) in [4.78, 5) is 10.5. The van der Waals surface area contributed by atoms with Crippen molar-refractivity contribution in [1.82, 2.24) is 0 Å². The molecule has 0 radical (unpaired) electrons. The highest BCUT2D eigenvalue weighted by atomic mass is 16.4. The van der Waals surface area contributed by atoms with Crippen molar-refractivity contribution in [2.75, 3.05) is 0 Å². The van der Waals surface area contributed by atoms with Gasteiger partial charge in [0.2, 0.25) is 0 Å². The van der Waals surface area contributed by atoms with Gasteiger partial charge < -0.3 is 15.9 Å². The van der Waals surface area contributed by atoms with Crippen LogP contribution >= 0.6 is 0 Å². The lowest BCUT2D eigenvalue weighted by Gasteiger charge is -2.09. The monoisotopic (exact) mass is 181 g/mol. The Balaban J connectivity index is 3.12. The number of phenolic OH excluding ortho intramolecular Hbond substituents is 1. The molecule has 1 unspecified atom stereocenters. The zero-order valence-corrected chi connectivity index (χ0v) is 7.19. The fraction of sp³-hybridized carbons (Fsp3) is 0.222. The molecule has 0 bridgehead atoms. The summed E-state index contributed by atoms with van der Waals surface area (Å²) in [6.45, 7) is 1.80. The quantitative estimate of drug-likeness (QED) is 0.629. The first-order chi connectivity index (χ1) is 6.02. The Labute approximate surface area is 75.6 Å². The van der Waals surface area contributed by atoms with Gasteiger partial charge in [-0.15, -0.1) is 0 Å². The van der Waals surface area contributed by atoms with Gasteiger partial charge >= 0.3 is 5.97 Å². The van der Waals surface area contributed by atoms with Gasteiger partial charge in [-0.1, -0.05) is 17.7 Å². The van der Waals surface area contributed by atoms with Crippen molar-refractivity contribution in [3.63, 3.8) is 0 Å². The maximum absolute atomic E-state index is 10.5. The number of phenols is 1. The van der Waals surface area contributed by atoms with Crippen LogP contribution in [0.4, 0.5) is 0 Å². The van der Waals surface area contributed by atoms with E-state index in [0.29, 0.717) is 0 Å². The van der Waals surface area contributed by atoms with E-state index in [4.69, 9.17) is 10.8 Å². The van der Waals surface area contributed by atoms with Gasteiger partial charge in [0, 0.05) is 5.56 Å². The van der Waals surface area contributed by atoms with Crippen molar-refractivity contribution < 1.29 is 15.0 Å². The number of nitrogens with two attached hydrogens (primary N) is 1. The van der Waals surface area contributed by atoms with E-state index in [0.717, 1.165) is 5.56 Å². The Hall–Kier alpha value is -1.55. The third kappa shape index (κ3) is 1.97. The van der Waals surface area contributed by atoms with Crippen LogP contribution in [0.25, 0.3) is 0 Å². The number of hydrogen-bond acceptors (Lipinski definition) is 3. The smallest absolute Gasteiger partial charge is 0.325 e. The molecule has 0 aromatic heterocycles. The van der Waals surface area contributed by atoms with E-state index < -0.39 is 12.0 Å². The van der Waals surface area contributed by atoms with Crippen molar-refractivity contribution in [2.24, 2.45) is 5.73 Å². The summed E-state index contributed by atoms with van der Waals surface area (Å²) in [6, 6.07) is 3.52. The number of aliphatic carboxylic acids is 1. The molecule has 0 fully saturated rings. The standard InChI is InChI=1S/C9H11NO3/c1-5-2-3-7(11)6(4-5)8(10)9(12)13/h2-4,8,11H,10H2,1H3,(H,12,13). The second kappa shape index (κ2) is 3.45. The average molecular weight is 181 g/mol. The minimum Gasteiger partial charge on any atom is -0.508 e. The Morgan fingerprint density at radius 3 is 2.69 bits per heavy atom. The number of aromatic hydroxyl groups is 1. The predicted molar refractivity (Wildman–Crippen MR) is 47.4 cm³/mol. The van der Waals surface area contributed by atoms with Gasteiger partial charge in [0.05, 0.1) is 0 Å². The van der Waals surface area contributed by atoms with E-state index in [1.165, 1.54) is 6.07 Å². The lowest BCUT2D eigenvalue weighted by atomic mass is 10.0. The SMILES string of the molecule is Cc1ccc(O)c(C(N)C(=O)O)c1. The van der Waals surface area contributed by atoms with Gasteiger partial charge in [-0.2, -0.15) is 0 Å². The van der Waals surface area contributed by atoms with Gasteiger partial charge in [0.25, 0.3) is 0 Å². The first-order valence-electron chi connectivity index (χ1n) is 3.80. The van der Waals surface area contributed by atoms with Crippen molar-refractivity contribution >= 4 is 5.97 Å². The zero-order valence-electron chi connectivity index (χ0n) is 7.19. The average Bonchev–Trinajstić information content (AvgIpc) is 2.08. The van der Waals surface area contributed by atoms with E-state index in [2.05, 4.69) is 0 Å². The molecule has 0 aliphatic rings. The summed E-state index contributed by atoms with van der Waals surface area (Å²) in [7, 11) is 0. The van der Waals surface area contributed by atoms with E-state index in [1.807, 2.05) is 0 Å². The molecule has 70 valence electrons. The maximum Gasteiger partial charge on any atom is 0.325 e. The van der Waals surface area contributed by atoms with Crippen LogP contribution in [0.2, 0.25) is 0 Å². The largest absolute Gasteiger partial charge is 0.508 e. The minimum absolute atomic E-state index is 0.0829. The number of carboxylic acid groups (broad SMARTS) is 1. The van der Waals surface area contributed by atoms with E-state index >= 15 is 0 Å². The topological polar surface area (TPSA) is 83.5 Å². The van der Waals surface area contributed by atoms with Crippen molar-refractivity contribution in [3.8, 4) is 5.75 Å². The summed E-state index contributed by atoms with van der Waals surface area (Å²) in [5.41, 5.74) is 6.46. The van der Waals surface area contributed by atoms with Crippen LogP contribution < -0.4 is 5.73 Å². The van der Waals surface area contributed by atoms with E-state index in [-0.39, 0.29) is 11.3 Å². The second-order valence-electron chi connectivity index (χ2n) is 2.88. The summed E-state index contributed by atoms with van der Waals surface area (Å²) < 4.78 is 0. The molecule has 0 amide bonds. The Bertz CT molecular complexity index is 336. The lowest BCUT2D eigenvalue weighted by Crippen LogP contribution is -2.20. The van der Waals surface area contributed by atoms with Crippen LogP contribution in [0.3, 0.4) is 0 Å². The molecule has 1 aromatic carbocycles. The van der Waals surface area contributed by atoms with Crippen LogP contribution in [0.5, 0.6) is 5.75 Å². The van der Waals surface area contributed by atoms with Crippen molar-refractivity contribution in [3.05, 3.63) is 29.3 Å². The Morgan fingerprint density at radius 1 is 1.54 bits per heavy atom. The number of carbonyl (C=O) groups is 1. The molecule has 13 heavy (non-hydrogen) atoms. The Morgan fingerprint density at radius 2 is 2.15 bits per heavy atom. The van der Waals surface area contributed by atoms with Gasteiger partial charge in [-0.25, -0.2) is 0 Å². The van der Waals surface area contributed by atoms with Crippen LogP contribution in [0, 0.1) is 6.92 Å². The lowest BCUT2D eigenvalue weighted by molar-refractivity contribution is -0.138. The second-order valence-corrected chi connectivity index (χ2v) is 2.88. The first-order valence-corrected chi connectivity index (χ1v) is 3.80. The van der Waals surface area contributed by atoms with Gasteiger partial charge in [-0.3, -0.25) is 4.79 Å². The van der Waals surface area contributed by atoms with Crippen LogP contribution in [-0.4, -0.2) is 16.2 Å². The third-order valence-electron chi connectivity index (χ3n) is 1.78. The van der Waals surface area contributed by atoms with Crippen LogP contribution in [-0.2, 0) is 4.79 Å². The molecule has 0 saturated carbocycles. The molecule has 1 rings (SSSR count). The summed E-state index contributed by atoms with van der Waals surface area (Å²) in [5.74, 6) is -1.23. The van der Waals surface area contributed by atoms with Gasteiger partial charge in [-0.05, 0) is 13.0 Å². The summed E-state index contributed by atoms with van der Waals surface area (Å²) in [5, 5.41) is 17.9. The van der Waals surface area contributed by atoms with Crippen molar-refractivity contribution in [1.29, 1.82) is 0 Å². The molecule has 4 heteroatoms. The number of aryl methyl sites for hydroxylation is 1. The molecule has 1 atom stereocenters. The van der Waals surface area contributed by atoms with Crippen LogP contribution in [0.15, 0.2) is 18.2 Å². The molecule has 0 saturated heterocycles. The molecular weight excluding hydrogens is 170 g/mol. The molecule has 1 aromatic rings. The van der Waals surface area contributed by atoms with E-state index in [9.17, 15) is 9.90 Å². The summed E-state index contributed by atoms with van der Waals surface area (Å²) >= 11 is 0. The maximum atomic E-state index is 10.5. The normalized spacial score (nSPS) is 12.5. The highest BCUT2D eigenvalue weighted by molar-refractivity contribution is 5.76. The van der Waals surface area contributed by atoms with Crippen molar-refractivity contribution in [2.45, 2.75) is 13.0 Å². The van der Waals surface area contributed by atoms with Gasteiger partial charge in [0.1, 0.15) is 11.8 Å². The molecule has 0 aliphatic heterocycles. The molecule has 0 heterocycles. The Kier molecular flexibility index (Phi) is 2.53.